The third kappa shape index (κ3) is 3.79. The second kappa shape index (κ2) is 5.82. The maximum atomic E-state index is 12.4. The number of pyridine rings is 1. The summed E-state index contributed by atoms with van der Waals surface area (Å²) < 4.78 is 58.6. The molecule has 0 spiro atoms. The van der Waals surface area contributed by atoms with Crippen molar-refractivity contribution in [2.75, 3.05) is 0 Å². The summed E-state index contributed by atoms with van der Waals surface area (Å²) >= 11 is -2.30. The Bertz CT molecular complexity index is 671. The van der Waals surface area contributed by atoms with Gasteiger partial charge in [0.25, 0.3) is 0 Å². The predicted octanol–water partition coefficient (Wildman–Crippen LogP) is 2.85. The van der Waals surface area contributed by atoms with Crippen LogP contribution < -0.4 is 0 Å². The SMILES string of the molecule is O=S([O-])Cc1ccc(O)c(-c2ccc(C(F)(F)F)nc2)c1. The van der Waals surface area contributed by atoms with E-state index >= 15 is 0 Å². The van der Waals surface area contributed by atoms with E-state index in [4.69, 9.17) is 0 Å². The summed E-state index contributed by atoms with van der Waals surface area (Å²) in [5, 5.41) is 9.75. The average molecular weight is 316 g/mol. The molecule has 1 aromatic heterocycles. The molecule has 2 rings (SSSR count). The van der Waals surface area contributed by atoms with Crippen molar-refractivity contribution >= 4 is 11.1 Å². The van der Waals surface area contributed by atoms with Crippen LogP contribution in [0, 0.1) is 0 Å². The van der Waals surface area contributed by atoms with Crippen LogP contribution in [-0.2, 0) is 23.0 Å². The van der Waals surface area contributed by atoms with Crippen molar-refractivity contribution in [3.63, 3.8) is 0 Å². The number of hydrogen-bond donors (Lipinski definition) is 1. The van der Waals surface area contributed by atoms with Crippen molar-refractivity contribution in [2.45, 2.75) is 11.9 Å². The Morgan fingerprint density at radius 2 is 1.95 bits per heavy atom. The van der Waals surface area contributed by atoms with Crippen LogP contribution in [0.25, 0.3) is 11.1 Å². The maximum absolute atomic E-state index is 12.4. The van der Waals surface area contributed by atoms with Gasteiger partial charge in [0.2, 0.25) is 0 Å². The quantitative estimate of drug-likeness (QED) is 0.884. The molecule has 4 nitrogen and oxygen atoms in total. The molecule has 1 aromatic carbocycles. The number of benzene rings is 1. The van der Waals surface area contributed by atoms with Gasteiger partial charge in [0.15, 0.2) is 0 Å². The highest BCUT2D eigenvalue weighted by atomic mass is 32.2. The van der Waals surface area contributed by atoms with Gasteiger partial charge in [0.05, 0.1) is 0 Å². The number of aromatic hydroxyl groups is 1. The fraction of sp³-hybridized carbons (Fsp3) is 0.154. The van der Waals surface area contributed by atoms with Gasteiger partial charge in [0.1, 0.15) is 11.4 Å². The molecule has 0 saturated carbocycles. The van der Waals surface area contributed by atoms with Crippen LogP contribution in [-0.4, -0.2) is 18.9 Å². The number of phenols is 1. The lowest BCUT2D eigenvalue weighted by molar-refractivity contribution is -0.141. The molecule has 21 heavy (non-hydrogen) atoms. The molecule has 0 bridgehead atoms. The molecule has 0 saturated heterocycles. The van der Waals surface area contributed by atoms with Gasteiger partial charge in [-0.2, -0.15) is 13.2 Å². The maximum Gasteiger partial charge on any atom is 0.433 e. The first kappa shape index (κ1) is 15.5. The first-order valence-electron chi connectivity index (χ1n) is 5.69. The number of halogens is 3. The number of nitrogens with zero attached hydrogens (tertiary/aromatic N) is 1. The zero-order valence-corrected chi connectivity index (χ0v) is 11.2. The molecule has 0 aliphatic carbocycles. The van der Waals surface area contributed by atoms with Crippen molar-refractivity contribution in [1.82, 2.24) is 4.98 Å². The lowest BCUT2D eigenvalue weighted by Crippen LogP contribution is -2.07. The third-order valence-corrected chi connectivity index (χ3v) is 3.28. The monoisotopic (exact) mass is 316 g/mol. The Morgan fingerprint density at radius 3 is 2.48 bits per heavy atom. The number of hydrogen-bond acceptors (Lipinski definition) is 4. The summed E-state index contributed by atoms with van der Waals surface area (Å²) in [5.74, 6) is -0.418. The van der Waals surface area contributed by atoms with Crippen LogP contribution in [0.2, 0.25) is 0 Å². The Morgan fingerprint density at radius 1 is 1.24 bits per heavy atom. The van der Waals surface area contributed by atoms with E-state index in [0.29, 0.717) is 5.56 Å². The molecule has 8 heteroatoms. The van der Waals surface area contributed by atoms with E-state index in [-0.39, 0.29) is 22.6 Å². The van der Waals surface area contributed by atoms with Crippen LogP contribution in [0.4, 0.5) is 13.2 Å². The van der Waals surface area contributed by atoms with E-state index in [2.05, 4.69) is 4.98 Å². The van der Waals surface area contributed by atoms with Crippen LogP contribution in [0.1, 0.15) is 11.3 Å². The lowest BCUT2D eigenvalue weighted by atomic mass is 10.0. The molecule has 0 amide bonds. The van der Waals surface area contributed by atoms with Gasteiger partial charge in [-0.1, -0.05) is 23.2 Å². The molecule has 1 unspecified atom stereocenters. The smallest absolute Gasteiger partial charge is 0.433 e. The highest BCUT2D eigenvalue weighted by Crippen LogP contribution is 2.32. The largest absolute Gasteiger partial charge is 0.772 e. The van der Waals surface area contributed by atoms with E-state index in [9.17, 15) is 27.0 Å². The zero-order chi connectivity index (χ0) is 15.6. The van der Waals surface area contributed by atoms with Gasteiger partial charge in [0, 0.05) is 23.1 Å². The molecule has 1 heterocycles. The Hall–Kier alpha value is -1.93. The highest BCUT2D eigenvalue weighted by molar-refractivity contribution is 7.78. The van der Waals surface area contributed by atoms with Crippen molar-refractivity contribution in [2.24, 2.45) is 0 Å². The van der Waals surface area contributed by atoms with Crippen LogP contribution in [0.5, 0.6) is 5.75 Å². The Labute approximate surface area is 120 Å². The molecule has 112 valence electrons. The second-order valence-corrected chi connectivity index (χ2v) is 5.13. The van der Waals surface area contributed by atoms with Crippen LogP contribution >= 0.6 is 0 Å². The minimum Gasteiger partial charge on any atom is -0.772 e. The first-order chi connectivity index (χ1) is 9.77. The fourth-order valence-electron chi connectivity index (χ4n) is 1.76. The van der Waals surface area contributed by atoms with Crippen LogP contribution in [0.15, 0.2) is 36.5 Å². The molecular formula is C13H9F3NO3S-. The summed E-state index contributed by atoms with van der Waals surface area (Å²) in [4.78, 5) is 3.30. The lowest BCUT2D eigenvalue weighted by Gasteiger charge is -2.10. The molecule has 1 atom stereocenters. The third-order valence-electron chi connectivity index (χ3n) is 2.71. The minimum atomic E-state index is -4.54. The van der Waals surface area contributed by atoms with Gasteiger partial charge >= 0.3 is 6.18 Å². The topological polar surface area (TPSA) is 73.2 Å². The fourth-order valence-corrected chi connectivity index (χ4v) is 2.21. The number of phenolic OH excluding ortho intramolecular Hbond substituents is 1. The average Bonchev–Trinajstić information content (AvgIpc) is 2.39. The van der Waals surface area contributed by atoms with Gasteiger partial charge in [-0.25, -0.2) is 0 Å². The van der Waals surface area contributed by atoms with E-state index in [1.54, 1.807) is 0 Å². The highest BCUT2D eigenvalue weighted by Gasteiger charge is 2.32. The van der Waals surface area contributed by atoms with Gasteiger partial charge in [-0.15, -0.1) is 0 Å². The molecule has 0 aliphatic heterocycles. The summed E-state index contributed by atoms with van der Waals surface area (Å²) in [6.07, 6.45) is -3.56. The standard InChI is InChI=1S/C13H10F3NO3S/c14-13(15,16)12-4-2-9(6-17-12)10-5-8(7-21(19)20)1-3-11(10)18/h1-6,18H,7H2,(H,19,20)/p-1. The molecule has 0 fully saturated rings. The Kier molecular flexibility index (Phi) is 4.29. The van der Waals surface area contributed by atoms with Crippen LogP contribution in [0.3, 0.4) is 0 Å². The molecule has 1 N–H and O–H groups in total. The van der Waals surface area contributed by atoms with Crippen molar-refractivity contribution in [3.05, 3.63) is 47.8 Å². The minimum absolute atomic E-state index is 0.169. The van der Waals surface area contributed by atoms with E-state index in [0.717, 1.165) is 12.3 Å². The van der Waals surface area contributed by atoms with Crippen molar-refractivity contribution in [3.8, 4) is 16.9 Å². The van der Waals surface area contributed by atoms with E-state index in [1.807, 2.05) is 0 Å². The summed E-state index contributed by atoms with van der Waals surface area (Å²) in [6, 6.07) is 6.08. The normalized spacial score (nSPS) is 13.1. The number of rotatable bonds is 3. The van der Waals surface area contributed by atoms with Crippen molar-refractivity contribution in [1.29, 1.82) is 0 Å². The van der Waals surface area contributed by atoms with E-state index in [1.165, 1.54) is 24.3 Å². The second-order valence-electron chi connectivity index (χ2n) is 4.23. The number of alkyl halides is 3. The summed E-state index contributed by atoms with van der Waals surface area (Å²) in [5.41, 5.74) is -0.142. The Balaban J connectivity index is 2.39. The molecule has 2 aromatic rings. The van der Waals surface area contributed by atoms with Gasteiger partial charge < -0.3 is 9.66 Å². The summed E-state index contributed by atoms with van der Waals surface area (Å²) in [6.45, 7) is 0. The molecule has 0 radical (unpaired) electrons. The van der Waals surface area contributed by atoms with Gasteiger partial charge in [-0.05, 0) is 23.8 Å². The van der Waals surface area contributed by atoms with E-state index < -0.39 is 23.0 Å². The van der Waals surface area contributed by atoms with Crippen molar-refractivity contribution < 1.29 is 27.0 Å². The zero-order valence-electron chi connectivity index (χ0n) is 10.4. The van der Waals surface area contributed by atoms with Gasteiger partial charge in [-0.3, -0.25) is 9.19 Å². The number of aromatic nitrogens is 1. The first-order valence-corrected chi connectivity index (χ1v) is 6.93. The molecule has 0 aliphatic rings. The predicted molar refractivity (Wildman–Crippen MR) is 69.0 cm³/mol. The summed E-state index contributed by atoms with van der Waals surface area (Å²) in [7, 11) is 0. The molecular weight excluding hydrogens is 307 g/mol.